The SMILES string of the molecule is C#CC(=C)N1c2cnccc2-c2cc(-c3ccccc3)cc3cccc1c23. The van der Waals surface area contributed by atoms with E-state index in [0.717, 1.165) is 16.9 Å². The van der Waals surface area contributed by atoms with E-state index in [1.54, 1.807) is 0 Å². The molecular weight excluding hydrogens is 328 g/mol. The van der Waals surface area contributed by atoms with E-state index in [9.17, 15) is 0 Å². The Hall–Kier alpha value is -3.83. The van der Waals surface area contributed by atoms with Gasteiger partial charge in [-0.1, -0.05) is 55.0 Å². The molecule has 0 N–H and O–H groups in total. The maximum atomic E-state index is 5.70. The van der Waals surface area contributed by atoms with Crippen molar-refractivity contribution in [2.75, 3.05) is 4.90 Å². The number of nitrogens with zero attached hydrogens (tertiary/aromatic N) is 2. The molecule has 1 aliphatic rings. The maximum Gasteiger partial charge on any atom is 0.0895 e. The van der Waals surface area contributed by atoms with Gasteiger partial charge in [-0.3, -0.25) is 4.98 Å². The van der Waals surface area contributed by atoms with E-state index in [-0.39, 0.29) is 0 Å². The molecule has 2 nitrogen and oxygen atoms in total. The summed E-state index contributed by atoms with van der Waals surface area (Å²) in [6, 6.07) is 23.3. The third-order valence-corrected chi connectivity index (χ3v) is 5.07. The van der Waals surface area contributed by atoms with Gasteiger partial charge in [0.2, 0.25) is 0 Å². The number of terminal acetylenes is 1. The first-order valence-electron chi connectivity index (χ1n) is 8.80. The van der Waals surface area contributed by atoms with E-state index in [1.807, 2.05) is 29.4 Å². The lowest BCUT2D eigenvalue weighted by molar-refractivity contribution is 1.20. The van der Waals surface area contributed by atoms with Crippen molar-refractivity contribution < 1.29 is 0 Å². The van der Waals surface area contributed by atoms with E-state index in [0.29, 0.717) is 5.70 Å². The first kappa shape index (κ1) is 15.4. The highest BCUT2D eigenvalue weighted by atomic mass is 15.2. The van der Waals surface area contributed by atoms with Gasteiger partial charge in [-0.2, -0.15) is 0 Å². The van der Waals surface area contributed by atoms with E-state index in [4.69, 9.17) is 6.42 Å². The van der Waals surface area contributed by atoms with Gasteiger partial charge in [-0.05, 0) is 46.3 Å². The van der Waals surface area contributed by atoms with Crippen molar-refractivity contribution in [3.63, 3.8) is 0 Å². The Morgan fingerprint density at radius 2 is 1.74 bits per heavy atom. The quantitative estimate of drug-likeness (QED) is 0.404. The zero-order valence-electron chi connectivity index (χ0n) is 14.7. The summed E-state index contributed by atoms with van der Waals surface area (Å²) >= 11 is 0. The highest BCUT2D eigenvalue weighted by molar-refractivity contribution is 6.14. The van der Waals surface area contributed by atoms with Crippen molar-refractivity contribution in [3.8, 4) is 34.6 Å². The smallest absolute Gasteiger partial charge is 0.0895 e. The van der Waals surface area contributed by atoms with Gasteiger partial charge in [0.25, 0.3) is 0 Å². The second kappa shape index (κ2) is 5.86. The Kier molecular flexibility index (Phi) is 3.35. The topological polar surface area (TPSA) is 16.1 Å². The fraction of sp³-hybridized carbons (Fsp3) is 0. The summed E-state index contributed by atoms with van der Waals surface area (Å²) in [4.78, 5) is 6.36. The fourth-order valence-electron chi connectivity index (χ4n) is 3.88. The van der Waals surface area contributed by atoms with Gasteiger partial charge < -0.3 is 4.90 Å². The van der Waals surface area contributed by atoms with E-state index in [2.05, 4.69) is 72.1 Å². The molecular formula is C25H16N2. The van der Waals surface area contributed by atoms with Crippen LogP contribution >= 0.6 is 0 Å². The number of fused-ring (bicyclic) bond motifs is 2. The summed E-state index contributed by atoms with van der Waals surface area (Å²) in [6.45, 7) is 4.08. The predicted molar refractivity (Wildman–Crippen MR) is 113 cm³/mol. The molecule has 0 unspecified atom stereocenters. The van der Waals surface area contributed by atoms with Crippen LogP contribution < -0.4 is 4.90 Å². The first-order valence-corrected chi connectivity index (χ1v) is 8.80. The second-order valence-corrected chi connectivity index (χ2v) is 6.58. The van der Waals surface area contributed by atoms with Gasteiger partial charge >= 0.3 is 0 Å². The normalized spacial score (nSPS) is 11.7. The van der Waals surface area contributed by atoms with Crippen LogP contribution in [0.3, 0.4) is 0 Å². The zero-order valence-corrected chi connectivity index (χ0v) is 14.7. The lowest BCUT2D eigenvalue weighted by Crippen LogP contribution is -2.19. The van der Waals surface area contributed by atoms with Crippen LogP contribution in [0.2, 0.25) is 0 Å². The van der Waals surface area contributed by atoms with Crippen molar-refractivity contribution in [2.24, 2.45) is 0 Å². The van der Waals surface area contributed by atoms with Crippen molar-refractivity contribution >= 4 is 22.1 Å². The average Bonchev–Trinajstić information content (AvgIpc) is 2.74. The van der Waals surface area contributed by atoms with Crippen molar-refractivity contribution in [3.05, 3.63) is 91.4 Å². The molecule has 0 bridgehead atoms. The molecule has 0 saturated heterocycles. The molecule has 2 heterocycles. The Morgan fingerprint density at radius 3 is 2.56 bits per heavy atom. The fourth-order valence-corrected chi connectivity index (χ4v) is 3.88. The first-order chi connectivity index (χ1) is 13.3. The molecule has 27 heavy (non-hydrogen) atoms. The van der Waals surface area contributed by atoms with Gasteiger partial charge in [-0.25, -0.2) is 0 Å². The number of allylic oxidation sites excluding steroid dienone is 1. The Labute approximate surface area is 158 Å². The molecule has 0 spiro atoms. The number of hydrogen-bond acceptors (Lipinski definition) is 2. The Morgan fingerprint density at radius 1 is 0.889 bits per heavy atom. The molecule has 4 aromatic rings. The molecule has 3 aromatic carbocycles. The molecule has 2 heteroatoms. The maximum absolute atomic E-state index is 5.70. The molecule has 0 saturated carbocycles. The summed E-state index contributed by atoms with van der Waals surface area (Å²) < 4.78 is 0. The van der Waals surface area contributed by atoms with Gasteiger partial charge in [0.1, 0.15) is 0 Å². The van der Waals surface area contributed by atoms with Crippen LogP contribution in [0.25, 0.3) is 33.0 Å². The molecule has 5 rings (SSSR count). The van der Waals surface area contributed by atoms with E-state index >= 15 is 0 Å². The van der Waals surface area contributed by atoms with Gasteiger partial charge in [0.05, 0.1) is 23.3 Å². The summed E-state index contributed by atoms with van der Waals surface area (Å²) in [6.07, 6.45) is 9.38. The number of rotatable bonds is 2. The summed E-state index contributed by atoms with van der Waals surface area (Å²) in [5.41, 5.74) is 7.32. The van der Waals surface area contributed by atoms with Crippen LogP contribution in [0, 0.1) is 12.3 Å². The summed E-state index contributed by atoms with van der Waals surface area (Å²) in [7, 11) is 0. The molecule has 1 aromatic heterocycles. The molecule has 0 atom stereocenters. The highest BCUT2D eigenvalue weighted by Gasteiger charge is 2.26. The van der Waals surface area contributed by atoms with Crippen LogP contribution in [0.1, 0.15) is 0 Å². The Bertz CT molecular complexity index is 1250. The second-order valence-electron chi connectivity index (χ2n) is 6.58. The largest absolute Gasteiger partial charge is 0.301 e. The van der Waals surface area contributed by atoms with Crippen molar-refractivity contribution in [2.45, 2.75) is 0 Å². The molecule has 0 amide bonds. The summed E-state index contributed by atoms with van der Waals surface area (Å²) in [5.74, 6) is 2.69. The molecule has 126 valence electrons. The third kappa shape index (κ3) is 2.26. The third-order valence-electron chi connectivity index (χ3n) is 5.07. The lowest BCUT2D eigenvalue weighted by Gasteiger charge is -2.32. The van der Waals surface area contributed by atoms with Crippen LogP contribution in [0.5, 0.6) is 0 Å². The van der Waals surface area contributed by atoms with Crippen LogP contribution in [-0.4, -0.2) is 4.98 Å². The number of aromatic nitrogens is 1. The number of benzene rings is 3. The minimum absolute atomic E-state index is 0.606. The number of hydrogen-bond donors (Lipinski definition) is 0. The van der Waals surface area contributed by atoms with E-state index < -0.39 is 0 Å². The predicted octanol–water partition coefficient (Wildman–Crippen LogP) is 6.17. The van der Waals surface area contributed by atoms with E-state index in [1.165, 1.54) is 27.5 Å². The monoisotopic (exact) mass is 344 g/mol. The molecule has 0 fully saturated rings. The standard InChI is InChI=1S/C25H16N2/c1-3-17(2)27-23-11-7-10-19-14-20(18-8-5-4-6-9-18)15-22(25(19)23)21-12-13-26-16-24(21)27/h1,4-16H,2H2. The minimum Gasteiger partial charge on any atom is -0.301 e. The van der Waals surface area contributed by atoms with Crippen LogP contribution in [0.4, 0.5) is 11.4 Å². The minimum atomic E-state index is 0.606. The van der Waals surface area contributed by atoms with Crippen molar-refractivity contribution in [1.29, 1.82) is 0 Å². The molecule has 0 radical (unpaired) electrons. The molecule has 0 aliphatic carbocycles. The number of anilines is 2. The van der Waals surface area contributed by atoms with Crippen LogP contribution in [0.15, 0.2) is 91.4 Å². The average molecular weight is 344 g/mol. The zero-order chi connectivity index (χ0) is 18.4. The van der Waals surface area contributed by atoms with Crippen LogP contribution in [-0.2, 0) is 0 Å². The van der Waals surface area contributed by atoms with Crippen molar-refractivity contribution in [1.82, 2.24) is 4.98 Å². The van der Waals surface area contributed by atoms with Gasteiger partial charge in [-0.15, -0.1) is 6.42 Å². The highest BCUT2D eigenvalue weighted by Crippen LogP contribution is 2.49. The molecule has 1 aliphatic heterocycles. The van der Waals surface area contributed by atoms with Gasteiger partial charge in [0, 0.05) is 17.1 Å². The lowest BCUT2D eigenvalue weighted by atomic mass is 9.88. The number of pyridine rings is 1. The van der Waals surface area contributed by atoms with Gasteiger partial charge in [0.15, 0.2) is 0 Å². The summed E-state index contributed by atoms with van der Waals surface area (Å²) in [5, 5.41) is 2.37. The Balaban J connectivity index is 1.90.